The third-order valence-electron chi connectivity index (χ3n) is 3.64. The van der Waals surface area contributed by atoms with E-state index in [1.54, 1.807) is 17.3 Å². The zero-order chi connectivity index (χ0) is 15.5. The number of H-pyrrole nitrogens is 1. The van der Waals surface area contributed by atoms with Crippen molar-refractivity contribution in [3.63, 3.8) is 0 Å². The summed E-state index contributed by atoms with van der Waals surface area (Å²) in [6.45, 7) is 0. The highest BCUT2D eigenvalue weighted by molar-refractivity contribution is 5.89. The van der Waals surface area contributed by atoms with Gasteiger partial charge in [-0.1, -0.05) is 0 Å². The van der Waals surface area contributed by atoms with E-state index in [4.69, 9.17) is 0 Å². The van der Waals surface area contributed by atoms with Gasteiger partial charge in [-0.15, -0.1) is 0 Å². The molecule has 0 radical (unpaired) electrons. The van der Waals surface area contributed by atoms with Crippen LogP contribution in [-0.2, 0) is 6.42 Å². The van der Waals surface area contributed by atoms with Gasteiger partial charge in [0.05, 0.1) is 36.0 Å². The molecule has 0 unspecified atom stereocenters. The topological polar surface area (TPSA) is 98.8 Å². The molecule has 0 aromatic carbocycles. The standard InChI is InChI=1S/C14H19N7O/c1-21(2)13-15-7-10(8-16-13)18-14(22)19-11-5-3-4-9-6-17-20-12(9)11/h6-8,11H,3-5H2,1-2H3,(H,17,20)(H2,18,19,22)/t11-/m1/s1. The zero-order valence-corrected chi connectivity index (χ0v) is 12.6. The fourth-order valence-electron chi connectivity index (χ4n) is 2.55. The third-order valence-corrected chi connectivity index (χ3v) is 3.64. The summed E-state index contributed by atoms with van der Waals surface area (Å²) >= 11 is 0. The second-order valence-electron chi connectivity index (χ2n) is 5.52. The summed E-state index contributed by atoms with van der Waals surface area (Å²) in [4.78, 5) is 22.2. The Bertz CT molecular complexity index is 649. The molecule has 0 bridgehead atoms. The molecule has 116 valence electrons. The van der Waals surface area contributed by atoms with Gasteiger partial charge < -0.3 is 15.5 Å². The number of rotatable bonds is 3. The molecule has 2 aromatic heterocycles. The van der Waals surface area contributed by atoms with Crippen molar-refractivity contribution in [2.45, 2.75) is 25.3 Å². The number of carbonyl (C=O) groups excluding carboxylic acids is 1. The molecule has 1 aliphatic carbocycles. The van der Waals surface area contributed by atoms with Crippen LogP contribution in [0.4, 0.5) is 16.4 Å². The molecule has 3 rings (SSSR count). The van der Waals surface area contributed by atoms with Gasteiger partial charge in [-0.3, -0.25) is 5.10 Å². The Balaban J connectivity index is 1.61. The van der Waals surface area contributed by atoms with E-state index in [1.165, 1.54) is 5.56 Å². The number of aromatic nitrogens is 4. The van der Waals surface area contributed by atoms with Gasteiger partial charge in [0.25, 0.3) is 0 Å². The van der Waals surface area contributed by atoms with Crippen LogP contribution in [0.1, 0.15) is 30.1 Å². The van der Waals surface area contributed by atoms with Crippen LogP contribution in [0.3, 0.4) is 0 Å². The van der Waals surface area contributed by atoms with E-state index in [0.717, 1.165) is 25.0 Å². The van der Waals surface area contributed by atoms with Crippen molar-refractivity contribution in [2.24, 2.45) is 0 Å². The molecule has 2 heterocycles. The third kappa shape index (κ3) is 3.00. The Morgan fingerprint density at radius 2 is 2.09 bits per heavy atom. The van der Waals surface area contributed by atoms with Crippen LogP contribution in [-0.4, -0.2) is 40.3 Å². The molecule has 0 spiro atoms. The molecule has 0 aliphatic heterocycles. The van der Waals surface area contributed by atoms with Crippen molar-refractivity contribution in [3.8, 4) is 0 Å². The maximum atomic E-state index is 12.1. The molecule has 2 amide bonds. The molecular weight excluding hydrogens is 282 g/mol. The SMILES string of the molecule is CN(C)c1ncc(NC(=O)N[C@@H]2CCCc3cn[nH]c32)cn1. The van der Waals surface area contributed by atoms with Crippen molar-refractivity contribution in [1.29, 1.82) is 0 Å². The lowest BCUT2D eigenvalue weighted by Gasteiger charge is -2.23. The number of nitrogens with zero attached hydrogens (tertiary/aromatic N) is 4. The minimum Gasteiger partial charge on any atom is -0.347 e. The van der Waals surface area contributed by atoms with E-state index in [2.05, 4.69) is 30.8 Å². The number of aryl methyl sites for hydroxylation is 1. The molecule has 0 saturated heterocycles. The number of amides is 2. The fraction of sp³-hybridized carbons (Fsp3) is 0.429. The van der Waals surface area contributed by atoms with E-state index in [0.29, 0.717) is 11.6 Å². The molecule has 22 heavy (non-hydrogen) atoms. The zero-order valence-electron chi connectivity index (χ0n) is 12.6. The van der Waals surface area contributed by atoms with Gasteiger partial charge in [0.2, 0.25) is 5.95 Å². The lowest BCUT2D eigenvalue weighted by Crippen LogP contribution is -2.34. The van der Waals surface area contributed by atoms with Crippen LogP contribution in [0.15, 0.2) is 18.6 Å². The first-order valence-corrected chi connectivity index (χ1v) is 7.22. The molecule has 1 atom stereocenters. The summed E-state index contributed by atoms with van der Waals surface area (Å²) in [6, 6.07) is -0.304. The summed E-state index contributed by atoms with van der Waals surface area (Å²) in [6.07, 6.45) is 7.95. The number of urea groups is 1. The van der Waals surface area contributed by atoms with Crippen molar-refractivity contribution < 1.29 is 4.79 Å². The smallest absolute Gasteiger partial charge is 0.319 e. The van der Waals surface area contributed by atoms with Crippen LogP contribution in [0.5, 0.6) is 0 Å². The Morgan fingerprint density at radius 1 is 1.32 bits per heavy atom. The highest BCUT2D eigenvalue weighted by Gasteiger charge is 2.23. The van der Waals surface area contributed by atoms with E-state index >= 15 is 0 Å². The van der Waals surface area contributed by atoms with E-state index in [9.17, 15) is 4.79 Å². The first-order chi connectivity index (χ1) is 10.6. The minimum atomic E-state index is -0.270. The first-order valence-electron chi connectivity index (χ1n) is 7.22. The van der Waals surface area contributed by atoms with Crippen LogP contribution < -0.4 is 15.5 Å². The first kappa shape index (κ1) is 14.3. The van der Waals surface area contributed by atoms with Crippen molar-refractivity contribution >= 4 is 17.7 Å². The molecule has 3 N–H and O–H groups in total. The second-order valence-corrected chi connectivity index (χ2v) is 5.52. The van der Waals surface area contributed by atoms with E-state index in [1.807, 2.05) is 20.3 Å². The van der Waals surface area contributed by atoms with Gasteiger partial charge in [0.15, 0.2) is 0 Å². The number of nitrogens with one attached hydrogen (secondary N) is 3. The lowest BCUT2D eigenvalue weighted by molar-refractivity contribution is 0.246. The van der Waals surface area contributed by atoms with E-state index in [-0.39, 0.29) is 12.1 Å². The number of aromatic amines is 1. The maximum Gasteiger partial charge on any atom is 0.319 e. The maximum absolute atomic E-state index is 12.1. The molecule has 0 fully saturated rings. The molecular formula is C14H19N7O. The molecule has 0 saturated carbocycles. The van der Waals surface area contributed by atoms with Gasteiger partial charge in [-0.2, -0.15) is 5.10 Å². The van der Waals surface area contributed by atoms with Crippen molar-refractivity contribution in [2.75, 3.05) is 24.3 Å². The highest BCUT2D eigenvalue weighted by atomic mass is 16.2. The predicted octanol–water partition coefficient (Wildman–Crippen LogP) is 1.46. The summed E-state index contributed by atoms with van der Waals surface area (Å²) in [5.41, 5.74) is 2.74. The van der Waals surface area contributed by atoms with Crippen LogP contribution >= 0.6 is 0 Å². The molecule has 2 aromatic rings. The quantitative estimate of drug-likeness (QED) is 0.797. The Hall–Kier alpha value is -2.64. The van der Waals surface area contributed by atoms with Gasteiger partial charge in [-0.25, -0.2) is 14.8 Å². The Labute approximate surface area is 128 Å². The number of fused-ring (bicyclic) bond motifs is 1. The number of hydrogen-bond acceptors (Lipinski definition) is 5. The Kier molecular flexibility index (Phi) is 3.90. The molecule has 1 aliphatic rings. The molecule has 8 heteroatoms. The van der Waals surface area contributed by atoms with Gasteiger partial charge in [0.1, 0.15) is 0 Å². The van der Waals surface area contributed by atoms with Crippen molar-refractivity contribution in [3.05, 3.63) is 29.8 Å². The summed E-state index contributed by atoms with van der Waals surface area (Å²) < 4.78 is 0. The average Bonchev–Trinajstić information content (AvgIpc) is 2.97. The van der Waals surface area contributed by atoms with E-state index < -0.39 is 0 Å². The predicted molar refractivity (Wildman–Crippen MR) is 82.8 cm³/mol. The summed E-state index contributed by atoms with van der Waals surface area (Å²) in [5, 5.41) is 12.7. The largest absolute Gasteiger partial charge is 0.347 e. The van der Waals surface area contributed by atoms with Gasteiger partial charge >= 0.3 is 6.03 Å². The summed E-state index contributed by atoms with van der Waals surface area (Å²) in [5.74, 6) is 0.598. The Morgan fingerprint density at radius 3 is 2.82 bits per heavy atom. The number of anilines is 2. The van der Waals surface area contributed by atoms with Crippen LogP contribution in [0.2, 0.25) is 0 Å². The number of hydrogen-bond donors (Lipinski definition) is 3. The van der Waals surface area contributed by atoms with Crippen LogP contribution in [0, 0.1) is 0 Å². The lowest BCUT2D eigenvalue weighted by atomic mass is 9.94. The summed E-state index contributed by atoms with van der Waals surface area (Å²) in [7, 11) is 3.72. The van der Waals surface area contributed by atoms with Crippen molar-refractivity contribution in [1.82, 2.24) is 25.5 Å². The van der Waals surface area contributed by atoms with Gasteiger partial charge in [0, 0.05) is 14.1 Å². The van der Waals surface area contributed by atoms with Crippen LogP contribution in [0.25, 0.3) is 0 Å². The molecule has 8 nitrogen and oxygen atoms in total. The second kappa shape index (κ2) is 6.00. The highest BCUT2D eigenvalue weighted by Crippen LogP contribution is 2.27. The minimum absolute atomic E-state index is 0.0341. The number of carbonyl (C=O) groups is 1. The monoisotopic (exact) mass is 301 g/mol. The normalized spacial score (nSPS) is 16.7. The fourth-order valence-corrected chi connectivity index (χ4v) is 2.55. The van der Waals surface area contributed by atoms with Gasteiger partial charge in [-0.05, 0) is 24.8 Å². The average molecular weight is 301 g/mol.